The molecule has 1 aromatic carbocycles. The van der Waals surface area contributed by atoms with Crippen molar-refractivity contribution in [1.29, 1.82) is 0 Å². The number of carbonyl (C=O) groups excluding carboxylic acids is 1. The lowest BCUT2D eigenvalue weighted by Gasteiger charge is -2.05. The van der Waals surface area contributed by atoms with Crippen LogP contribution in [0.25, 0.3) is 0 Å². The van der Waals surface area contributed by atoms with Gasteiger partial charge in [-0.1, -0.05) is 42.0 Å². The molecule has 0 saturated carbocycles. The van der Waals surface area contributed by atoms with Gasteiger partial charge in [-0.05, 0) is 44.2 Å². The fraction of sp³-hybridized carbons (Fsp3) is 0.389. The Morgan fingerprint density at radius 2 is 1.95 bits per heavy atom. The van der Waals surface area contributed by atoms with Gasteiger partial charge in [0.25, 0.3) is 0 Å². The summed E-state index contributed by atoms with van der Waals surface area (Å²) in [6.45, 7) is 8.31. The lowest BCUT2D eigenvalue weighted by atomic mass is 10.1. The topological polar surface area (TPSA) is 26.3 Å². The molecule has 1 rings (SSSR count). The van der Waals surface area contributed by atoms with Crippen LogP contribution in [0.3, 0.4) is 0 Å². The van der Waals surface area contributed by atoms with E-state index in [0.717, 1.165) is 30.4 Å². The van der Waals surface area contributed by atoms with E-state index in [1.165, 1.54) is 5.57 Å². The Balaban J connectivity index is 2.23. The smallest absolute Gasteiger partial charge is 0.310 e. The summed E-state index contributed by atoms with van der Waals surface area (Å²) in [5.74, 6) is -0.175. The first kappa shape index (κ1) is 16.2. The van der Waals surface area contributed by atoms with Crippen LogP contribution in [-0.4, -0.2) is 12.6 Å². The summed E-state index contributed by atoms with van der Waals surface area (Å²) in [6, 6.07) is 9.65. The zero-order valence-corrected chi connectivity index (χ0v) is 12.5. The van der Waals surface area contributed by atoms with Crippen LogP contribution >= 0.6 is 0 Å². The van der Waals surface area contributed by atoms with Crippen LogP contribution in [0.5, 0.6) is 0 Å². The number of benzene rings is 1. The highest BCUT2D eigenvalue weighted by Gasteiger charge is 2.04. The average molecular weight is 272 g/mol. The average Bonchev–Trinajstić information content (AvgIpc) is 2.42. The second-order valence-electron chi connectivity index (χ2n) is 5.22. The standard InChI is InChI=1S/C18H24O2/c1-15(2)9-7-8-10-16(3)14-20-18(19)13-17-11-5-4-6-12-17/h4-6,10-12H,1,7-9,13-14H2,2-3H3/b16-10+. The summed E-state index contributed by atoms with van der Waals surface area (Å²) < 4.78 is 5.26. The van der Waals surface area contributed by atoms with E-state index in [-0.39, 0.29) is 5.97 Å². The molecule has 0 spiro atoms. The zero-order chi connectivity index (χ0) is 14.8. The maximum atomic E-state index is 11.7. The van der Waals surface area contributed by atoms with E-state index < -0.39 is 0 Å². The molecule has 0 N–H and O–H groups in total. The maximum Gasteiger partial charge on any atom is 0.310 e. The van der Waals surface area contributed by atoms with Crippen molar-refractivity contribution in [3.8, 4) is 0 Å². The highest BCUT2D eigenvalue weighted by atomic mass is 16.5. The van der Waals surface area contributed by atoms with Crippen LogP contribution in [0.4, 0.5) is 0 Å². The Kier molecular flexibility index (Phi) is 7.41. The maximum absolute atomic E-state index is 11.7. The Bertz CT molecular complexity index is 458. The van der Waals surface area contributed by atoms with Crippen molar-refractivity contribution in [3.05, 3.63) is 59.7 Å². The Labute approximate surface area is 122 Å². The van der Waals surface area contributed by atoms with E-state index in [1.54, 1.807) is 0 Å². The molecule has 2 heteroatoms. The molecule has 0 radical (unpaired) electrons. The number of allylic oxidation sites excluding steroid dienone is 2. The summed E-state index contributed by atoms with van der Waals surface area (Å²) in [4.78, 5) is 11.7. The van der Waals surface area contributed by atoms with Gasteiger partial charge >= 0.3 is 5.97 Å². The number of ether oxygens (including phenoxy) is 1. The molecule has 0 bridgehead atoms. The Hall–Kier alpha value is -1.83. The number of hydrogen-bond acceptors (Lipinski definition) is 2. The van der Waals surface area contributed by atoms with E-state index in [0.29, 0.717) is 13.0 Å². The van der Waals surface area contributed by atoms with Crippen molar-refractivity contribution >= 4 is 5.97 Å². The van der Waals surface area contributed by atoms with E-state index in [1.807, 2.05) is 44.2 Å². The molecular formula is C18H24O2. The molecule has 1 aromatic rings. The molecular weight excluding hydrogens is 248 g/mol. The number of rotatable bonds is 8. The van der Waals surface area contributed by atoms with Gasteiger partial charge in [-0.2, -0.15) is 0 Å². The molecule has 0 heterocycles. The van der Waals surface area contributed by atoms with Crippen molar-refractivity contribution in [3.63, 3.8) is 0 Å². The van der Waals surface area contributed by atoms with E-state index in [4.69, 9.17) is 4.74 Å². The number of unbranched alkanes of at least 4 members (excludes halogenated alkanes) is 1. The molecule has 108 valence electrons. The summed E-state index contributed by atoms with van der Waals surface area (Å²) in [6.07, 6.45) is 5.64. The third kappa shape index (κ3) is 7.57. The van der Waals surface area contributed by atoms with Gasteiger partial charge in [0.2, 0.25) is 0 Å². The third-order valence-corrected chi connectivity index (χ3v) is 2.95. The fourth-order valence-corrected chi connectivity index (χ4v) is 1.82. The Morgan fingerprint density at radius 1 is 1.25 bits per heavy atom. The van der Waals surface area contributed by atoms with Crippen LogP contribution in [0.1, 0.15) is 38.7 Å². The minimum atomic E-state index is -0.175. The first-order valence-electron chi connectivity index (χ1n) is 7.07. The summed E-state index contributed by atoms with van der Waals surface area (Å²) in [7, 11) is 0. The molecule has 0 amide bonds. The van der Waals surface area contributed by atoms with Crippen LogP contribution in [0.2, 0.25) is 0 Å². The zero-order valence-electron chi connectivity index (χ0n) is 12.5. The van der Waals surface area contributed by atoms with Crippen molar-refractivity contribution in [2.75, 3.05) is 6.61 Å². The molecule has 0 fully saturated rings. The summed E-state index contributed by atoms with van der Waals surface area (Å²) in [5, 5.41) is 0. The van der Waals surface area contributed by atoms with Crippen LogP contribution in [0, 0.1) is 0 Å². The molecule has 2 nitrogen and oxygen atoms in total. The van der Waals surface area contributed by atoms with Crippen molar-refractivity contribution in [1.82, 2.24) is 0 Å². The quantitative estimate of drug-likeness (QED) is 0.396. The second-order valence-corrected chi connectivity index (χ2v) is 5.22. The van der Waals surface area contributed by atoms with Gasteiger partial charge in [0.1, 0.15) is 6.61 Å². The van der Waals surface area contributed by atoms with Crippen LogP contribution in [0.15, 0.2) is 54.1 Å². The minimum absolute atomic E-state index is 0.175. The van der Waals surface area contributed by atoms with Crippen molar-refractivity contribution < 1.29 is 9.53 Å². The first-order chi connectivity index (χ1) is 9.58. The highest BCUT2D eigenvalue weighted by molar-refractivity contribution is 5.72. The van der Waals surface area contributed by atoms with Gasteiger partial charge in [0, 0.05) is 0 Å². The molecule has 0 atom stereocenters. The number of esters is 1. The van der Waals surface area contributed by atoms with Crippen LogP contribution < -0.4 is 0 Å². The van der Waals surface area contributed by atoms with E-state index in [9.17, 15) is 4.79 Å². The molecule has 0 aliphatic carbocycles. The fourth-order valence-electron chi connectivity index (χ4n) is 1.82. The molecule has 0 aromatic heterocycles. The van der Waals surface area contributed by atoms with Crippen LogP contribution in [-0.2, 0) is 16.0 Å². The van der Waals surface area contributed by atoms with Crippen molar-refractivity contribution in [2.24, 2.45) is 0 Å². The van der Waals surface area contributed by atoms with Gasteiger partial charge in [0.15, 0.2) is 0 Å². The second kappa shape index (κ2) is 9.13. The van der Waals surface area contributed by atoms with Gasteiger partial charge in [-0.25, -0.2) is 0 Å². The molecule has 0 unspecified atom stereocenters. The van der Waals surface area contributed by atoms with Gasteiger partial charge in [-0.15, -0.1) is 6.58 Å². The number of carbonyl (C=O) groups is 1. The largest absolute Gasteiger partial charge is 0.461 e. The predicted octanol–water partition coefficient (Wildman–Crippen LogP) is 4.47. The normalized spacial score (nSPS) is 11.2. The number of hydrogen-bond donors (Lipinski definition) is 0. The molecule has 0 aliphatic heterocycles. The summed E-state index contributed by atoms with van der Waals surface area (Å²) >= 11 is 0. The molecule has 0 aliphatic rings. The highest BCUT2D eigenvalue weighted by Crippen LogP contribution is 2.07. The van der Waals surface area contributed by atoms with Gasteiger partial charge in [0.05, 0.1) is 6.42 Å². The lowest BCUT2D eigenvalue weighted by molar-refractivity contribution is -0.141. The molecule has 0 saturated heterocycles. The van der Waals surface area contributed by atoms with E-state index in [2.05, 4.69) is 12.7 Å². The Morgan fingerprint density at radius 3 is 2.60 bits per heavy atom. The predicted molar refractivity (Wildman–Crippen MR) is 83.5 cm³/mol. The van der Waals surface area contributed by atoms with Gasteiger partial charge < -0.3 is 4.74 Å². The molecule has 20 heavy (non-hydrogen) atoms. The van der Waals surface area contributed by atoms with E-state index >= 15 is 0 Å². The first-order valence-corrected chi connectivity index (χ1v) is 7.07. The lowest BCUT2D eigenvalue weighted by Crippen LogP contribution is -2.09. The monoisotopic (exact) mass is 272 g/mol. The minimum Gasteiger partial charge on any atom is -0.461 e. The van der Waals surface area contributed by atoms with Gasteiger partial charge in [-0.3, -0.25) is 4.79 Å². The third-order valence-electron chi connectivity index (χ3n) is 2.95. The van der Waals surface area contributed by atoms with Crippen molar-refractivity contribution in [2.45, 2.75) is 39.5 Å². The summed E-state index contributed by atoms with van der Waals surface area (Å²) in [5.41, 5.74) is 3.30. The SMILES string of the molecule is C=C(C)CCC/C=C(\C)COC(=O)Cc1ccccc1.